The number of hydrogen-bond donors (Lipinski definition) is 1. The van der Waals surface area contributed by atoms with E-state index in [0.717, 1.165) is 24.0 Å². The lowest BCUT2D eigenvalue weighted by Crippen LogP contribution is -2.30. The van der Waals surface area contributed by atoms with Gasteiger partial charge in [0.25, 0.3) is 17.9 Å². The smallest absolute Gasteiger partial charge is 0.284 e. The molecule has 0 aromatic carbocycles. The van der Waals surface area contributed by atoms with Gasteiger partial charge in [0.1, 0.15) is 11.3 Å². The fourth-order valence-corrected chi connectivity index (χ4v) is 2.66. The Kier molecular flexibility index (Phi) is 6.91. The Hall–Kier alpha value is -3.53. The first-order chi connectivity index (χ1) is 14.5. The van der Waals surface area contributed by atoms with Gasteiger partial charge in [-0.2, -0.15) is 9.78 Å². The van der Waals surface area contributed by atoms with Gasteiger partial charge in [-0.05, 0) is 43.2 Å². The zero-order valence-corrected chi connectivity index (χ0v) is 15.9. The van der Waals surface area contributed by atoms with Crippen molar-refractivity contribution in [1.82, 2.24) is 19.7 Å². The molecule has 0 atom stereocenters. The van der Waals surface area contributed by atoms with Crippen molar-refractivity contribution in [3.8, 4) is 16.9 Å². The first-order valence-electron chi connectivity index (χ1n) is 9.14. The molecule has 2 N–H and O–H groups in total. The van der Waals surface area contributed by atoms with E-state index in [1.165, 1.54) is 43.6 Å². The molecule has 10 heteroatoms. The van der Waals surface area contributed by atoms with Crippen LogP contribution in [0.3, 0.4) is 0 Å². The number of nitrogens with zero attached hydrogens (tertiary/aromatic N) is 4. The zero-order valence-electron chi connectivity index (χ0n) is 15.9. The topological polar surface area (TPSA) is 113 Å². The summed E-state index contributed by atoms with van der Waals surface area (Å²) in [7, 11) is 0. The van der Waals surface area contributed by atoms with Crippen LogP contribution in [0.4, 0.5) is 8.78 Å². The van der Waals surface area contributed by atoms with Gasteiger partial charge in [0.15, 0.2) is 0 Å². The molecule has 3 aromatic heterocycles. The van der Waals surface area contributed by atoms with E-state index in [-0.39, 0.29) is 17.0 Å². The maximum atomic E-state index is 12.6. The third-order valence-electron chi connectivity index (χ3n) is 4.20. The maximum absolute atomic E-state index is 12.6. The van der Waals surface area contributed by atoms with E-state index in [0.29, 0.717) is 11.3 Å². The maximum Gasteiger partial charge on any atom is 0.284 e. The Balaban J connectivity index is 0.000000448. The molecule has 0 bridgehead atoms. The number of nitrogens with two attached hydrogens (primary N) is 1. The van der Waals surface area contributed by atoms with E-state index in [2.05, 4.69) is 15.1 Å². The quantitative estimate of drug-likeness (QED) is 0.701. The largest absolute Gasteiger partial charge is 0.381 e. The van der Waals surface area contributed by atoms with E-state index in [1.807, 2.05) is 0 Å². The molecule has 4 rings (SSSR count). The van der Waals surface area contributed by atoms with Crippen LogP contribution in [0.2, 0.25) is 0 Å². The van der Waals surface area contributed by atoms with Crippen LogP contribution in [-0.4, -0.2) is 38.9 Å². The Labute approximate surface area is 170 Å². The molecule has 1 amide bonds. The van der Waals surface area contributed by atoms with Crippen LogP contribution in [0.15, 0.2) is 53.7 Å². The molecule has 1 saturated heterocycles. The van der Waals surface area contributed by atoms with E-state index in [1.54, 1.807) is 12.1 Å². The number of alkyl halides is 2. The summed E-state index contributed by atoms with van der Waals surface area (Å²) in [6.45, 7) is 2.00. The number of aromatic nitrogens is 4. The highest BCUT2D eigenvalue weighted by molar-refractivity contribution is 5.93. The van der Waals surface area contributed by atoms with Gasteiger partial charge < -0.3 is 10.5 Å². The number of hydrogen-bond acceptors (Lipinski definition) is 6. The van der Waals surface area contributed by atoms with Crippen molar-refractivity contribution >= 4 is 5.91 Å². The second-order valence-corrected chi connectivity index (χ2v) is 6.33. The lowest BCUT2D eigenvalue weighted by molar-refractivity contribution is 0.0998. The monoisotopic (exact) mass is 415 g/mol. The Bertz CT molecular complexity index is 1040. The van der Waals surface area contributed by atoms with Gasteiger partial charge in [-0.1, -0.05) is 0 Å². The molecule has 1 aliphatic rings. The average molecular weight is 415 g/mol. The number of pyridine rings is 2. The summed E-state index contributed by atoms with van der Waals surface area (Å²) in [5.74, 6) is -0.927. The molecule has 1 aliphatic heterocycles. The third kappa shape index (κ3) is 5.09. The van der Waals surface area contributed by atoms with E-state index in [9.17, 15) is 18.4 Å². The summed E-state index contributed by atoms with van der Waals surface area (Å²) >= 11 is 0. The Morgan fingerprint density at radius 1 is 1.17 bits per heavy atom. The van der Waals surface area contributed by atoms with Crippen LogP contribution in [0.25, 0.3) is 16.9 Å². The van der Waals surface area contributed by atoms with Crippen molar-refractivity contribution in [1.29, 1.82) is 0 Å². The minimum atomic E-state index is -2.70. The molecule has 8 nitrogen and oxygen atoms in total. The van der Waals surface area contributed by atoms with Crippen molar-refractivity contribution in [3.63, 3.8) is 0 Å². The van der Waals surface area contributed by atoms with Gasteiger partial charge in [-0.15, -0.1) is 0 Å². The highest BCUT2D eigenvalue weighted by Gasteiger charge is 2.16. The molecule has 3 aromatic rings. The molecule has 4 heterocycles. The van der Waals surface area contributed by atoms with Crippen LogP contribution in [0.1, 0.15) is 35.3 Å². The van der Waals surface area contributed by atoms with E-state index in [4.69, 9.17) is 10.5 Å². The highest BCUT2D eigenvalue weighted by atomic mass is 19.3. The van der Waals surface area contributed by atoms with Gasteiger partial charge in [0.05, 0.1) is 17.6 Å². The molecule has 156 valence electrons. The summed E-state index contributed by atoms with van der Waals surface area (Å²) < 4.78 is 31.2. The number of ether oxygens (including phenoxy) is 1. The van der Waals surface area contributed by atoms with Crippen molar-refractivity contribution in [2.45, 2.75) is 19.3 Å². The van der Waals surface area contributed by atoms with E-state index < -0.39 is 17.9 Å². The highest BCUT2D eigenvalue weighted by Crippen LogP contribution is 2.21. The normalized spacial score (nSPS) is 13.0. The lowest BCUT2D eigenvalue weighted by atomic mass is 10.1. The van der Waals surface area contributed by atoms with Crippen molar-refractivity contribution in [3.05, 3.63) is 70.5 Å². The first kappa shape index (κ1) is 21.2. The second kappa shape index (κ2) is 9.79. The van der Waals surface area contributed by atoms with E-state index >= 15 is 0 Å². The van der Waals surface area contributed by atoms with Gasteiger partial charge >= 0.3 is 0 Å². The summed E-state index contributed by atoms with van der Waals surface area (Å²) in [5, 5.41) is 4.16. The zero-order chi connectivity index (χ0) is 21.5. The number of primary amides is 1. The number of rotatable bonds is 4. The fraction of sp³-hybridized carbons (Fsp3) is 0.250. The van der Waals surface area contributed by atoms with Crippen molar-refractivity contribution < 1.29 is 18.3 Å². The molecule has 30 heavy (non-hydrogen) atoms. The van der Waals surface area contributed by atoms with Crippen LogP contribution in [0, 0.1) is 0 Å². The van der Waals surface area contributed by atoms with Gasteiger partial charge in [0, 0.05) is 31.2 Å². The Morgan fingerprint density at radius 2 is 1.93 bits per heavy atom. The molecule has 1 fully saturated rings. The van der Waals surface area contributed by atoms with Crippen molar-refractivity contribution in [2.75, 3.05) is 13.2 Å². The van der Waals surface area contributed by atoms with Gasteiger partial charge in [-0.25, -0.2) is 8.78 Å². The fourth-order valence-electron chi connectivity index (χ4n) is 2.66. The minimum absolute atomic E-state index is 0.186. The summed E-state index contributed by atoms with van der Waals surface area (Å²) in [6.07, 6.45) is 3.95. The lowest BCUT2D eigenvalue weighted by Gasteiger charge is -2.09. The van der Waals surface area contributed by atoms with Crippen LogP contribution in [0.5, 0.6) is 0 Å². The van der Waals surface area contributed by atoms with Gasteiger partial charge in [-0.3, -0.25) is 19.6 Å². The molecule has 0 unspecified atom stereocenters. The third-order valence-corrected chi connectivity index (χ3v) is 4.20. The SMILES string of the molecule is C1CCOC1.NC(=O)c1cc(-c2ccc(C(F)F)nc2)nn(-c2cccnc2)c1=O. The van der Waals surface area contributed by atoms with Crippen LogP contribution < -0.4 is 11.3 Å². The van der Waals surface area contributed by atoms with Crippen molar-refractivity contribution in [2.24, 2.45) is 5.73 Å². The first-order valence-corrected chi connectivity index (χ1v) is 9.14. The number of carbonyl (C=O) groups excluding carboxylic acids is 1. The predicted molar refractivity (Wildman–Crippen MR) is 104 cm³/mol. The number of carbonyl (C=O) groups is 1. The number of halogens is 2. The molecular formula is C20H19F2N5O3. The summed E-state index contributed by atoms with van der Waals surface area (Å²) in [4.78, 5) is 31.5. The molecule has 0 spiro atoms. The summed E-state index contributed by atoms with van der Waals surface area (Å²) in [6, 6.07) is 6.90. The average Bonchev–Trinajstić information content (AvgIpc) is 3.35. The number of amides is 1. The molecule has 0 radical (unpaired) electrons. The minimum Gasteiger partial charge on any atom is -0.381 e. The summed E-state index contributed by atoms with van der Waals surface area (Å²) in [5.41, 5.74) is 4.75. The predicted octanol–water partition coefficient (Wildman–Crippen LogP) is 2.52. The van der Waals surface area contributed by atoms with Crippen LogP contribution in [-0.2, 0) is 4.74 Å². The molecule has 0 saturated carbocycles. The van der Waals surface area contributed by atoms with Gasteiger partial charge in [0.2, 0.25) is 0 Å². The Morgan fingerprint density at radius 3 is 2.43 bits per heavy atom. The standard InChI is InChI=1S/C16H11F2N5O2.C4H8O/c17-14(18)12-4-3-9(7-21-12)13-6-11(15(19)24)16(25)23(22-13)10-2-1-5-20-8-10;1-2-4-5-3-1/h1-8,14H,(H2,19,24);1-4H2. The molecular weight excluding hydrogens is 396 g/mol. The van der Waals surface area contributed by atoms with Crippen LogP contribution >= 0.6 is 0 Å². The molecule has 0 aliphatic carbocycles. The second-order valence-electron chi connectivity index (χ2n) is 6.33.